The summed E-state index contributed by atoms with van der Waals surface area (Å²) in [7, 11) is 0. The van der Waals surface area contributed by atoms with Crippen molar-refractivity contribution in [2.24, 2.45) is 0 Å². The van der Waals surface area contributed by atoms with Gasteiger partial charge in [0.15, 0.2) is 0 Å². The van der Waals surface area contributed by atoms with Gasteiger partial charge in [0.1, 0.15) is 0 Å². The van der Waals surface area contributed by atoms with Crippen LogP contribution in [0.3, 0.4) is 0 Å². The molecule has 0 saturated heterocycles. The van der Waals surface area contributed by atoms with Crippen molar-refractivity contribution in [3.63, 3.8) is 0 Å². The number of nitro groups is 1. The van der Waals surface area contributed by atoms with Gasteiger partial charge in [-0.25, -0.2) is 0 Å². The summed E-state index contributed by atoms with van der Waals surface area (Å²) in [5.41, 5.74) is 14.5. The first-order valence-electron chi connectivity index (χ1n) is 18.5. The standard InChI is InChI=1S/C28H21N5O3.C19H17N3O.2ClH/c34-28(32-23-8-4-7-22(17-23)30-20-5-2-1-3-6-20)19-9-11-21(12-10-19)31-26-15-16-29-27-18-24(33(35)36)13-14-25(26)27;20-15-11-9-14(10-12-15)19(23)22-18-8-4-7-17(13-18)21-16-5-2-1-3-6-16;;/h1-18,30H,(H,29,31)(H,32,34);1-13,21H,20H2,(H,22,23);2*1H/p-2. The van der Waals surface area contributed by atoms with Gasteiger partial charge in [-0.05, 0) is 121 Å². The van der Waals surface area contributed by atoms with Gasteiger partial charge >= 0.3 is 0 Å². The summed E-state index contributed by atoms with van der Waals surface area (Å²) in [6, 6.07) is 55.1. The third-order valence-electron chi connectivity index (χ3n) is 8.90. The topological polar surface area (TPSA) is 176 Å². The molecule has 8 aromatic rings. The lowest BCUT2D eigenvalue weighted by atomic mass is 10.1. The maximum Gasteiger partial charge on any atom is 0.271 e. The van der Waals surface area contributed by atoms with Crippen molar-refractivity contribution in [2.75, 3.05) is 32.3 Å². The third-order valence-corrected chi connectivity index (χ3v) is 8.90. The number of fused-ring (bicyclic) bond motifs is 1. The zero-order valence-corrected chi connectivity index (χ0v) is 33.8. The Kier molecular flexibility index (Phi) is 15.3. The Morgan fingerprint density at radius 2 is 0.951 bits per heavy atom. The van der Waals surface area contributed by atoms with Crippen molar-refractivity contribution in [1.29, 1.82) is 0 Å². The number of nitrogens with zero attached hydrogens (tertiary/aromatic N) is 2. The van der Waals surface area contributed by atoms with Gasteiger partial charge in [-0.3, -0.25) is 24.7 Å². The predicted octanol–water partition coefficient (Wildman–Crippen LogP) is 5.16. The summed E-state index contributed by atoms with van der Waals surface area (Å²) >= 11 is 0. The Morgan fingerprint density at radius 1 is 0.492 bits per heavy atom. The van der Waals surface area contributed by atoms with E-state index in [0.29, 0.717) is 28.0 Å². The number of pyridine rings is 1. The summed E-state index contributed by atoms with van der Waals surface area (Å²) in [6.07, 6.45) is 1.59. The smallest absolute Gasteiger partial charge is 0.271 e. The van der Waals surface area contributed by atoms with Crippen molar-refractivity contribution in [3.8, 4) is 0 Å². The van der Waals surface area contributed by atoms with Crippen LogP contribution in [-0.4, -0.2) is 21.7 Å². The van der Waals surface area contributed by atoms with Crippen molar-refractivity contribution < 1.29 is 39.3 Å². The summed E-state index contributed by atoms with van der Waals surface area (Å²) in [5, 5.41) is 27.5. The second-order valence-corrected chi connectivity index (χ2v) is 13.2. The number of carbonyl (C=O) groups is 2. The summed E-state index contributed by atoms with van der Waals surface area (Å²) in [5.74, 6) is -0.387. The van der Waals surface area contributed by atoms with E-state index in [1.807, 2.05) is 109 Å². The van der Waals surface area contributed by atoms with E-state index in [4.69, 9.17) is 5.73 Å². The molecule has 14 heteroatoms. The lowest BCUT2D eigenvalue weighted by Gasteiger charge is -2.11. The third kappa shape index (κ3) is 12.3. The molecular formula is C47H38Cl2N8O4-2. The van der Waals surface area contributed by atoms with Crippen LogP contribution in [0.25, 0.3) is 10.9 Å². The Labute approximate surface area is 364 Å². The van der Waals surface area contributed by atoms with Crippen molar-refractivity contribution in [2.45, 2.75) is 0 Å². The maximum absolute atomic E-state index is 12.8. The van der Waals surface area contributed by atoms with E-state index in [2.05, 4.69) is 31.6 Å². The molecule has 0 aliphatic heterocycles. The average molecular weight is 850 g/mol. The van der Waals surface area contributed by atoms with Crippen LogP contribution in [0.15, 0.2) is 188 Å². The van der Waals surface area contributed by atoms with E-state index in [1.54, 1.807) is 66.9 Å². The highest BCUT2D eigenvalue weighted by Gasteiger charge is 2.11. The first-order valence-corrected chi connectivity index (χ1v) is 18.5. The highest BCUT2D eigenvalue weighted by atomic mass is 35.5. The van der Waals surface area contributed by atoms with Crippen LogP contribution in [0.4, 0.5) is 56.9 Å². The molecule has 1 heterocycles. The molecule has 0 atom stereocenters. The molecule has 7 N–H and O–H groups in total. The Hall–Kier alpha value is -7.93. The normalized spacial score (nSPS) is 10.0. The molecule has 2 amide bonds. The zero-order chi connectivity index (χ0) is 41.0. The number of nitrogens with two attached hydrogens (primary N) is 1. The number of amides is 2. The fourth-order valence-corrected chi connectivity index (χ4v) is 5.99. The van der Waals surface area contributed by atoms with Gasteiger partial charge in [-0.1, -0.05) is 48.5 Å². The van der Waals surface area contributed by atoms with Gasteiger partial charge < -0.3 is 57.1 Å². The van der Waals surface area contributed by atoms with Crippen molar-refractivity contribution in [3.05, 3.63) is 209 Å². The van der Waals surface area contributed by atoms with Gasteiger partial charge in [0, 0.05) is 86.0 Å². The minimum Gasteiger partial charge on any atom is -1.00 e. The molecule has 12 nitrogen and oxygen atoms in total. The number of hydrogen-bond donors (Lipinski definition) is 6. The van der Waals surface area contributed by atoms with Crippen LogP contribution in [0, 0.1) is 10.1 Å². The van der Waals surface area contributed by atoms with Crippen LogP contribution < -0.4 is 57.1 Å². The number of carbonyl (C=O) groups excluding carboxylic acids is 2. The van der Waals surface area contributed by atoms with E-state index in [-0.39, 0.29) is 42.3 Å². The molecule has 0 saturated carbocycles. The number of benzene rings is 7. The van der Waals surface area contributed by atoms with Crippen LogP contribution in [0.1, 0.15) is 20.7 Å². The molecular weight excluding hydrogens is 811 g/mol. The number of halogens is 2. The predicted molar refractivity (Wildman–Crippen MR) is 237 cm³/mol. The quantitative estimate of drug-likeness (QED) is 0.0584. The fraction of sp³-hybridized carbons (Fsp3) is 0. The largest absolute Gasteiger partial charge is 1.00 e. The molecule has 1 aromatic heterocycles. The number of rotatable bonds is 11. The number of nitro benzene ring substituents is 1. The number of nitrogens with one attached hydrogen (secondary N) is 5. The number of aromatic nitrogens is 1. The van der Waals surface area contributed by atoms with E-state index < -0.39 is 4.92 Å². The number of anilines is 9. The molecule has 0 bridgehead atoms. The van der Waals surface area contributed by atoms with E-state index in [0.717, 1.165) is 45.2 Å². The summed E-state index contributed by atoms with van der Waals surface area (Å²) in [6.45, 7) is 0. The lowest BCUT2D eigenvalue weighted by Crippen LogP contribution is -3.00. The number of para-hydroxylation sites is 2. The minimum atomic E-state index is -0.443. The highest BCUT2D eigenvalue weighted by molar-refractivity contribution is 6.05. The number of non-ortho nitro benzene ring substituents is 1. The molecule has 7 aromatic carbocycles. The summed E-state index contributed by atoms with van der Waals surface area (Å²) < 4.78 is 0. The van der Waals surface area contributed by atoms with Gasteiger partial charge in [0.2, 0.25) is 0 Å². The fourth-order valence-electron chi connectivity index (χ4n) is 5.99. The molecule has 0 unspecified atom stereocenters. The molecule has 306 valence electrons. The molecule has 0 aliphatic rings. The monoisotopic (exact) mass is 848 g/mol. The van der Waals surface area contributed by atoms with Crippen LogP contribution in [0.5, 0.6) is 0 Å². The zero-order valence-electron chi connectivity index (χ0n) is 32.3. The van der Waals surface area contributed by atoms with Gasteiger partial charge in [-0.2, -0.15) is 0 Å². The Bertz CT molecular complexity index is 2720. The van der Waals surface area contributed by atoms with Crippen LogP contribution >= 0.6 is 0 Å². The van der Waals surface area contributed by atoms with Gasteiger partial charge in [0.25, 0.3) is 17.5 Å². The molecule has 0 radical (unpaired) electrons. The first-order chi connectivity index (χ1) is 28.8. The Morgan fingerprint density at radius 3 is 1.46 bits per heavy atom. The molecule has 0 fully saturated rings. The van der Waals surface area contributed by atoms with Crippen LogP contribution in [-0.2, 0) is 0 Å². The first kappa shape index (κ1) is 44.2. The van der Waals surface area contributed by atoms with E-state index in [1.165, 1.54) is 12.1 Å². The molecule has 61 heavy (non-hydrogen) atoms. The SMILES string of the molecule is Nc1ccc(C(=O)Nc2cccc(Nc3ccccc3)c2)cc1.O=C(Nc1cccc(Nc2ccccc2)c1)c1ccc(Nc2ccnc3cc([N+](=O)[O-])ccc23)cc1.[Cl-].[Cl-]. The summed E-state index contributed by atoms with van der Waals surface area (Å²) in [4.78, 5) is 39.9. The van der Waals surface area contributed by atoms with Gasteiger partial charge in [0.05, 0.1) is 10.4 Å². The second-order valence-electron chi connectivity index (χ2n) is 13.2. The maximum atomic E-state index is 12.8. The van der Waals surface area contributed by atoms with E-state index in [9.17, 15) is 19.7 Å². The highest BCUT2D eigenvalue weighted by Crippen LogP contribution is 2.28. The van der Waals surface area contributed by atoms with Gasteiger partial charge in [-0.15, -0.1) is 0 Å². The second kappa shape index (κ2) is 21.2. The Balaban J connectivity index is 0.000000245. The average Bonchev–Trinajstić information content (AvgIpc) is 3.25. The minimum absolute atomic E-state index is 0. The molecule has 8 rings (SSSR count). The van der Waals surface area contributed by atoms with Crippen molar-refractivity contribution in [1.82, 2.24) is 4.98 Å². The lowest BCUT2D eigenvalue weighted by molar-refractivity contribution is -0.384. The number of nitrogen functional groups attached to an aromatic ring is 1. The van der Waals surface area contributed by atoms with Crippen LogP contribution in [0.2, 0.25) is 0 Å². The molecule has 0 aliphatic carbocycles. The van der Waals surface area contributed by atoms with Crippen molar-refractivity contribution >= 4 is 79.6 Å². The molecule has 0 spiro atoms. The number of hydrogen-bond acceptors (Lipinski definition) is 9. The van der Waals surface area contributed by atoms with E-state index >= 15 is 0 Å².